The van der Waals surface area contributed by atoms with Gasteiger partial charge in [-0.1, -0.05) is 49.4 Å². The highest BCUT2D eigenvalue weighted by atomic mass is 32.1. The zero-order valence-electron chi connectivity index (χ0n) is 16.1. The summed E-state index contributed by atoms with van der Waals surface area (Å²) in [5.74, 6) is 0.663. The first-order valence-corrected chi connectivity index (χ1v) is 9.80. The fraction of sp³-hybridized carbons (Fsp3) is 0.217. The number of benzene rings is 3. The number of hydrogen-bond acceptors (Lipinski definition) is 3. The van der Waals surface area contributed by atoms with Gasteiger partial charge in [-0.15, -0.1) is 0 Å². The van der Waals surface area contributed by atoms with E-state index in [1.165, 1.54) is 0 Å². The van der Waals surface area contributed by atoms with Gasteiger partial charge in [0.1, 0.15) is 5.75 Å². The molecule has 0 radical (unpaired) electrons. The predicted molar refractivity (Wildman–Crippen MR) is 119 cm³/mol. The molecule has 0 spiro atoms. The number of nitrogens with one attached hydrogen (secondary N) is 2. The van der Waals surface area contributed by atoms with Crippen LogP contribution in [0.5, 0.6) is 5.75 Å². The molecule has 0 aliphatic rings. The molecule has 0 aliphatic heterocycles. The van der Waals surface area contributed by atoms with Gasteiger partial charge in [-0.3, -0.25) is 4.79 Å². The van der Waals surface area contributed by atoms with Crippen LogP contribution in [0.1, 0.15) is 25.8 Å². The van der Waals surface area contributed by atoms with Crippen molar-refractivity contribution in [3.8, 4) is 5.75 Å². The van der Waals surface area contributed by atoms with Gasteiger partial charge >= 0.3 is 0 Å². The van der Waals surface area contributed by atoms with E-state index >= 15 is 0 Å². The molecule has 1 amide bonds. The third kappa shape index (κ3) is 5.30. The largest absolute Gasteiger partial charge is 0.491 e. The van der Waals surface area contributed by atoms with Gasteiger partial charge in [0.15, 0.2) is 5.11 Å². The van der Waals surface area contributed by atoms with E-state index in [0.29, 0.717) is 0 Å². The van der Waals surface area contributed by atoms with Crippen LogP contribution in [0.25, 0.3) is 10.8 Å². The van der Waals surface area contributed by atoms with Crippen molar-refractivity contribution in [3.05, 3.63) is 72.3 Å². The summed E-state index contributed by atoms with van der Waals surface area (Å²) in [7, 11) is 0. The second-order valence-electron chi connectivity index (χ2n) is 6.68. The van der Waals surface area contributed by atoms with E-state index in [-0.39, 0.29) is 23.5 Å². The molecule has 0 saturated carbocycles. The fourth-order valence-corrected chi connectivity index (χ4v) is 3.12. The maximum Gasteiger partial charge on any atom is 0.230 e. The van der Waals surface area contributed by atoms with Crippen molar-refractivity contribution >= 4 is 39.7 Å². The first kappa shape index (κ1) is 19.8. The van der Waals surface area contributed by atoms with E-state index in [0.717, 1.165) is 34.2 Å². The minimum atomic E-state index is -0.148. The zero-order valence-corrected chi connectivity index (χ0v) is 16.9. The van der Waals surface area contributed by atoms with E-state index in [1.54, 1.807) is 0 Å². The number of ether oxygens (including phenoxy) is 1. The van der Waals surface area contributed by atoms with E-state index in [4.69, 9.17) is 17.0 Å². The van der Waals surface area contributed by atoms with E-state index in [2.05, 4.69) is 17.6 Å². The maximum atomic E-state index is 12.4. The van der Waals surface area contributed by atoms with Crippen molar-refractivity contribution in [2.24, 2.45) is 0 Å². The molecule has 3 aromatic carbocycles. The van der Waals surface area contributed by atoms with Crippen molar-refractivity contribution in [2.45, 2.75) is 32.8 Å². The monoisotopic (exact) mass is 392 g/mol. The van der Waals surface area contributed by atoms with E-state index in [9.17, 15) is 4.79 Å². The summed E-state index contributed by atoms with van der Waals surface area (Å²) in [6.45, 7) is 4.12. The SMILES string of the molecule is CCC(C)Oc1ccc(NC(=S)NC(=O)Cc2cccc3ccccc23)cc1. The molecule has 144 valence electrons. The average Bonchev–Trinajstić information content (AvgIpc) is 2.69. The highest BCUT2D eigenvalue weighted by molar-refractivity contribution is 7.80. The van der Waals surface area contributed by atoms with Crippen LogP contribution in [-0.4, -0.2) is 17.1 Å². The molecule has 3 rings (SSSR count). The lowest BCUT2D eigenvalue weighted by Gasteiger charge is -2.14. The topological polar surface area (TPSA) is 50.4 Å². The van der Waals surface area contributed by atoms with Crippen molar-refractivity contribution in [3.63, 3.8) is 0 Å². The van der Waals surface area contributed by atoms with Crippen molar-refractivity contribution in [1.29, 1.82) is 0 Å². The van der Waals surface area contributed by atoms with Gasteiger partial charge in [0.2, 0.25) is 5.91 Å². The van der Waals surface area contributed by atoms with Gasteiger partial charge in [-0.25, -0.2) is 0 Å². The number of carbonyl (C=O) groups excluding carboxylic acids is 1. The van der Waals surface area contributed by atoms with Crippen molar-refractivity contribution in [2.75, 3.05) is 5.32 Å². The van der Waals surface area contributed by atoms with E-state index < -0.39 is 0 Å². The standard InChI is InChI=1S/C23H24N2O2S/c1-3-16(2)27-20-13-11-19(12-14-20)24-23(28)25-22(26)15-18-9-6-8-17-7-4-5-10-21(17)18/h4-14,16H,3,15H2,1-2H3,(H2,24,25,26,28). The molecule has 28 heavy (non-hydrogen) atoms. The summed E-state index contributed by atoms with van der Waals surface area (Å²) < 4.78 is 5.76. The number of fused-ring (bicyclic) bond motifs is 1. The normalized spacial score (nSPS) is 11.6. The molecule has 3 aromatic rings. The zero-order chi connectivity index (χ0) is 19.9. The lowest BCUT2D eigenvalue weighted by molar-refractivity contribution is -0.119. The van der Waals surface area contributed by atoms with E-state index in [1.807, 2.05) is 73.7 Å². The molecule has 0 fully saturated rings. The number of thiocarbonyl (C=S) groups is 1. The number of carbonyl (C=O) groups is 1. The first-order chi connectivity index (χ1) is 13.5. The fourth-order valence-electron chi connectivity index (χ4n) is 2.89. The Morgan fingerprint density at radius 2 is 1.75 bits per heavy atom. The number of anilines is 1. The molecule has 1 unspecified atom stereocenters. The third-order valence-electron chi connectivity index (χ3n) is 4.51. The van der Waals surface area contributed by atoms with Crippen LogP contribution < -0.4 is 15.4 Å². The molecular weight excluding hydrogens is 368 g/mol. The van der Waals surface area contributed by atoms with Crippen LogP contribution in [0.3, 0.4) is 0 Å². The Balaban J connectivity index is 1.56. The Morgan fingerprint density at radius 3 is 2.50 bits per heavy atom. The number of rotatable bonds is 6. The van der Waals surface area contributed by atoms with Crippen molar-refractivity contribution in [1.82, 2.24) is 5.32 Å². The summed E-state index contributed by atoms with van der Waals surface area (Å²) in [6.07, 6.45) is 1.39. The average molecular weight is 393 g/mol. The third-order valence-corrected chi connectivity index (χ3v) is 4.71. The van der Waals surface area contributed by atoms with Gasteiger partial charge < -0.3 is 15.4 Å². The molecule has 5 heteroatoms. The smallest absolute Gasteiger partial charge is 0.230 e. The van der Waals surface area contributed by atoms with Gasteiger partial charge in [0, 0.05) is 5.69 Å². The van der Waals surface area contributed by atoms with Gasteiger partial charge in [0.25, 0.3) is 0 Å². The molecule has 2 N–H and O–H groups in total. The lowest BCUT2D eigenvalue weighted by atomic mass is 10.0. The quantitative estimate of drug-likeness (QED) is 0.575. The highest BCUT2D eigenvalue weighted by Crippen LogP contribution is 2.19. The Morgan fingerprint density at radius 1 is 1.04 bits per heavy atom. The molecule has 0 bridgehead atoms. The van der Waals surface area contributed by atoms with Gasteiger partial charge in [0.05, 0.1) is 12.5 Å². The molecular formula is C23H24N2O2S. The Kier molecular flexibility index (Phi) is 6.61. The minimum Gasteiger partial charge on any atom is -0.491 e. The van der Waals surface area contributed by atoms with Crippen LogP contribution in [0.4, 0.5) is 5.69 Å². The first-order valence-electron chi connectivity index (χ1n) is 9.39. The molecule has 4 nitrogen and oxygen atoms in total. The summed E-state index contributed by atoms with van der Waals surface area (Å²) in [6, 6.07) is 21.5. The van der Waals surface area contributed by atoms with Crippen LogP contribution in [0, 0.1) is 0 Å². The highest BCUT2D eigenvalue weighted by Gasteiger charge is 2.09. The Bertz CT molecular complexity index is 965. The van der Waals surface area contributed by atoms with Gasteiger partial charge in [-0.05, 0) is 66.2 Å². The molecule has 0 aliphatic carbocycles. The maximum absolute atomic E-state index is 12.4. The van der Waals surface area contributed by atoms with Crippen LogP contribution >= 0.6 is 12.2 Å². The summed E-state index contributed by atoms with van der Waals surface area (Å²) in [5.41, 5.74) is 1.77. The second-order valence-corrected chi connectivity index (χ2v) is 7.09. The summed E-state index contributed by atoms with van der Waals surface area (Å²) in [5, 5.41) is 8.26. The van der Waals surface area contributed by atoms with Crippen LogP contribution in [0.15, 0.2) is 66.7 Å². The Labute approximate surface area is 170 Å². The molecule has 1 atom stereocenters. The molecule has 0 heterocycles. The van der Waals surface area contributed by atoms with Crippen molar-refractivity contribution < 1.29 is 9.53 Å². The second kappa shape index (κ2) is 9.33. The summed E-state index contributed by atoms with van der Waals surface area (Å²) >= 11 is 5.27. The number of hydrogen-bond donors (Lipinski definition) is 2. The number of amides is 1. The van der Waals surface area contributed by atoms with Gasteiger partial charge in [-0.2, -0.15) is 0 Å². The molecule has 0 aromatic heterocycles. The minimum absolute atomic E-state index is 0.148. The van der Waals surface area contributed by atoms with Crippen LogP contribution in [-0.2, 0) is 11.2 Å². The summed E-state index contributed by atoms with van der Waals surface area (Å²) in [4.78, 5) is 12.4. The van der Waals surface area contributed by atoms with Crippen LogP contribution in [0.2, 0.25) is 0 Å². The predicted octanol–water partition coefficient (Wildman–Crippen LogP) is 5.07. The Hall–Kier alpha value is -2.92. The lowest BCUT2D eigenvalue weighted by Crippen LogP contribution is -2.35. The molecule has 0 saturated heterocycles.